The molecule has 0 aliphatic carbocycles. The zero-order valence-electron chi connectivity index (χ0n) is 13.3. The molecule has 134 valence electrons. The van der Waals surface area contributed by atoms with Gasteiger partial charge in [0.1, 0.15) is 11.9 Å². The summed E-state index contributed by atoms with van der Waals surface area (Å²) in [4.78, 5) is 17.0. The Morgan fingerprint density at radius 3 is 2.31 bits per heavy atom. The van der Waals surface area contributed by atoms with E-state index in [2.05, 4.69) is 10.3 Å². The number of sulfonamides is 1. The highest BCUT2D eigenvalue weighted by atomic mass is 32.2. The molecule has 0 fully saturated rings. The Bertz CT molecular complexity index is 1000. The first-order valence-corrected chi connectivity index (χ1v) is 9.86. The van der Waals surface area contributed by atoms with E-state index in [0.29, 0.717) is 16.3 Å². The van der Waals surface area contributed by atoms with E-state index >= 15 is 0 Å². The van der Waals surface area contributed by atoms with Crippen LogP contribution in [0.2, 0.25) is 0 Å². The van der Waals surface area contributed by atoms with Crippen LogP contribution in [-0.2, 0) is 10.0 Å². The number of nitrogens with one attached hydrogen (secondary N) is 1. The number of nitrogens with two attached hydrogens (primary N) is 1. The molecule has 0 saturated heterocycles. The molecule has 0 amide bonds. The molecule has 3 rings (SSSR count). The Labute approximate surface area is 153 Å². The Morgan fingerprint density at radius 2 is 1.77 bits per heavy atom. The molecule has 0 spiro atoms. The molecule has 0 aliphatic rings. The van der Waals surface area contributed by atoms with Crippen LogP contribution in [0.5, 0.6) is 0 Å². The van der Waals surface area contributed by atoms with Crippen LogP contribution in [0, 0.1) is 5.82 Å². The summed E-state index contributed by atoms with van der Waals surface area (Å²) in [5.41, 5.74) is 0.845. The maximum atomic E-state index is 13.1. The molecule has 0 saturated carbocycles. The number of aromatic nitrogens is 1. The number of primary sulfonamides is 1. The summed E-state index contributed by atoms with van der Waals surface area (Å²) in [7, 11) is -3.83. The smallest absolute Gasteiger partial charge is 0.238 e. The number of halogens is 1. The van der Waals surface area contributed by atoms with Crippen molar-refractivity contribution in [2.75, 3.05) is 5.32 Å². The van der Waals surface area contributed by atoms with Crippen molar-refractivity contribution in [1.29, 1.82) is 0 Å². The number of thiazole rings is 1. The number of hydrogen-bond acceptors (Lipinski definition) is 6. The predicted octanol–water partition coefficient (Wildman–Crippen LogP) is 2.97. The number of carbonyl (C=O) groups is 1. The fourth-order valence-corrected chi connectivity index (χ4v) is 3.42. The largest absolute Gasteiger partial charge is 0.347 e. The molecule has 26 heavy (non-hydrogen) atoms. The van der Waals surface area contributed by atoms with Gasteiger partial charge in [0, 0.05) is 17.1 Å². The summed E-state index contributed by atoms with van der Waals surface area (Å²) in [5, 5.41) is 10.4. The molecular weight excluding hydrogens is 377 g/mol. The summed E-state index contributed by atoms with van der Waals surface area (Å²) >= 11 is 1.32. The van der Waals surface area contributed by atoms with E-state index in [1.165, 1.54) is 59.9 Å². The van der Waals surface area contributed by atoms with E-state index < -0.39 is 21.9 Å². The first-order valence-electron chi connectivity index (χ1n) is 7.43. The van der Waals surface area contributed by atoms with Gasteiger partial charge in [-0.15, -0.1) is 11.3 Å². The minimum Gasteiger partial charge on any atom is -0.347 e. The van der Waals surface area contributed by atoms with Gasteiger partial charge in [-0.2, -0.15) is 0 Å². The van der Waals surface area contributed by atoms with Gasteiger partial charge in [0.25, 0.3) is 0 Å². The van der Waals surface area contributed by atoms with Crippen molar-refractivity contribution in [3.05, 3.63) is 77.1 Å². The fraction of sp³-hybridized carbons (Fsp3) is 0.0588. The van der Waals surface area contributed by atoms with Gasteiger partial charge in [0.05, 0.1) is 4.90 Å². The monoisotopic (exact) mass is 391 g/mol. The lowest BCUT2D eigenvalue weighted by atomic mass is 9.97. The predicted molar refractivity (Wildman–Crippen MR) is 97.0 cm³/mol. The summed E-state index contributed by atoms with van der Waals surface area (Å²) in [6.45, 7) is 0. The first-order chi connectivity index (χ1) is 12.3. The van der Waals surface area contributed by atoms with Crippen LogP contribution in [0.1, 0.15) is 22.0 Å². The van der Waals surface area contributed by atoms with Crippen LogP contribution < -0.4 is 10.5 Å². The van der Waals surface area contributed by atoms with Crippen LogP contribution in [0.3, 0.4) is 0 Å². The lowest BCUT2D eigenvalue weighted by molar-refractivity contribution is 0.0969. The minimum absolute atomic E-state index is 0.0523. The maximum absolute atomic E-state index is 13.1. The number of benzene rings is 2. The van der Waals surface area contributed by atoms with Crippen molar-refractivity contribution in [2.45, 2.75) is 10.9 Å². The lowest BCUT2D eigenvalue weighted by Gasteiger charge is -2.18. The van der Waals surface area contributed by atoms with E-state index in [1.807, 2.05) is 0 Å². The third-order valence-electron chi connectivity index (χ3n) is 3.63. The molecule has 1 aromatic heterocycles. The molecule has 2 aromatic carbocycles. The number of rotatable bonds is 6. The van der Waals surface area contributed by atoms with Gasteiger partial charge < -0.3 is 5.32 Å². The highest BCUT2D eigenvalue weighted by Gasteiger charge is 2.23. The van der Waals surface area contributed by atoms with E-state index in [1.54, 1.807) is 11.6 Å². The van der Waals surface area contributed by atoms with Crippen LogP contribution in [0.4, 0.5) is 9.52 Å². The molecule has 0 radical (unpaired) electrons. The summed E-state index contributed by atoms with van der Waals surface area (Å²) in [5.74, 6) is -0.743. The molecule has 3 aromatic rings. The second kappa shape index (κ2) is 7.32. The number of Topliss-reactive ketones (excluding diaryl/α,β-unsaturated/α-hetero) is 1. The second-order valence-corrected chi connectivity index (χ2v) is 7.86. The lowest BCUT2D eigenvalue weighted by Crippen LogP contribution is -2.21. The SMILES string of the molecule is NS(=O)(=O)c1ccc(C(Nc2nccs2)C(=O)c2ccc(F)cc2)cc1. The van der Waals surface area contributed by atoms with Crippen LogP contribution in [0.15, 0.2) is 65.0 Å². The normalized spacial score (nSPS) is 12.5. The Hall–Kier alpha value is -2.62. The summed E-state index contributed by atoms with van der Waals surface area (Å²) in [6, 6.07) is 10.1. The molecule has 1 heterocycles. The first kappa shape index (κ1) is 18.2. The molecule has 3 N–H and O–H groups in total. The van der Waals surface area contributed by atoms with Crippen LogP contribution >= 0.6 is 11.3 Å². The zero-order chi connectivity index (χ0) is 18.7. The van der Waals surface area contributed by atoms with Gasteiger partial charge in [-0.25, -0.2) is 22.9 Å². The number of ketones is 1. The molecular formula is C17H14FN3O3S2. The standard InChI is InChI=1S/C17H14FN3O3S2/c18-13-5-1-12(2-6-13)16(22)15(21-17-20-9-10-25-17)11-3-7-14(8-4-11)26(19,23)24/h1-10,15H,(H,20,21)(H2,19,23,24). The van der Waals surface area contributed by atoms with Gasteiger partial charge in [-0.05, 0) is 42.0 Å². The third-order valence-corrected chi connectivity index (χ3v) is 5.27. The number of anilines is 1. The topological polar surface area (TPSA) is 102 Å². The minimum atomic E-state index is -3.83. The molecule has 6 nitrogen and oxygen atoms in total. The van der Waals surface area contributed by atoms with E-state index in [9.17, 15) is 17.6 Å². The van der Waals surface area contributed by atoms with Crippen molar-refractivity contribution in [3.63, 3.8) is 0 Å². The van der Waals surface area contributed by atoms with E-state index in [-0.39, 0.29) is 10.7 Å². The zero-order valence-corrected chi connectivity index (χ0v) is 14.9. The molecule has 0 aliphatic heterocycles. The number of nitrogens with zero attached hydrogens (tertiary/aromatic N) is 1. The second-order valence-electron chi connectivity index (χ2n) is 5.40. The van der Waals surface area contributed by atoms with E-state index in [0.717, 1.165) is 0 Å². The van der Waals surface area contributed by atoms with Gasteiger partial charge in [0.15, 0.2) is 10.9 Å². The van der Waals surface area contributed by atoms with Crippen molar-refractivity contribution < 1.29 is 17.6 Å². The number of hydrogen-bond donors (Lipinski definition) is 2. The molecule has 9 heteroatoms. The van der Waals surface area contributed by atoms with Gasteiger partial charge >= 0.3 is 0 Å². The quantitative estimate of drug-likeness (QED) is 0.629. The van der Waals surface area contributed by atoms with Gasteiger partial charge in [-0.3, -0.25) is 4.79 Å². The summed E-state index contributed by atoms with van der Waals surface area (Å²) in [6.07, 6.45) is 1.59. The van der Waals surface area contributed by atoms with Crippen molar-refractivity contribution in [3.8, 4) is 0 Å². The molecule has 1 atom stereocenters. The average molecular weight is 391 g/mol. The highest BCUT2D eigenvalue weighted by Crippen LogP contribution is 2.26. The van der Waals surface area contributed by atoms with Gasteiger partial charge in [0.2, 0.25) is 10.0 Å². The third kappa shape index (κ3) is 4.13. The van der Waals surface area contributed by atoms with Crippen molar-refractivity contribution in [1.82, 2.24) is 4.98 Å². The Kier molecular flexibility index (Phi) is 5.12. The van der Waals surface area contributed by atoms with E-state index in [4.69, 9.17) is 5.14 Å². The van der Waals surface area contributed by atoms with Crippen molar-refractivity contribution in [2.24, 2.45) is 5.14 Å². The maximum Gasteiger partial charge on any atom is 0.238 e. The average Bonchev–Trinajstić information content (AvgIpc) is 3.12. The Balaban J connectivity index is 1.97. The van der Waals surface area contributed by atoms with Crippen LogP contribution in [0.25, 0.3) is 0 Å². The summed E-state index contributed by atoms with van der Waals surface area (Å²) < 4.78 is 35.9. The highest BCUT2D eigenvalue weighted by molar-refractivity contribution is 7.89. The molecule has 1 unspecified atom stereocenters. The molecule has 0 bridgehead atoms. The number of carbonyl (C=O) groups excluding carboxylic acids is 1. The van der Waals surface area contributed by atoms with Crippen LogP contribution in [-0.4, -0.2) is 19.2 Å². The Morgan fingerprint density at radius 1 is 1.12 bits per heavy atom. The van der Waals surface area contributed by atoms with Crippen molar-refractivity contribution >= 4 is 32.3 Å². The van der Waals surface area contributed by atoms with Gasteiger partial charge in [-0.1, -0.05) is 12.1 Å². The fourth-order valence-electron chi connectivity index (χ4n) is 2.35.